The zero-order chi connectivity index (χ0) is 17.1. The number of imidazole rings is 1. The third kappa shape index (κ3) is 6.12. The second-order valence-electron chi connectivity index (χ2n) is 5.22. The minimum Gasteiger partial charge on any atom is -0.329 e. The van der Waals surface area contributed by atoms with Crippen molar-refractivity contribution < 1.29 is 25.9 Å². The van der Waals surface area contributed by atoms with Crippen molar-refractivity contribution in [2.75, 3.05) is 0 Å². The van der Waals surface area contributed by atoms with Gasteiger partial charge in [-0.05, 0) is 34.1 Å². The Morgan fingerprint density at radius 3 is 1.81 bits per heavy atom. The fraction of sp³-hybridized carbons (Fsp3) is 0.727. The van der Waals surface area contributed by atoms with Gasteiger partial charge in [-0.15, -0.1) is 0 Å². The van der Waals surface area contributed by atoms with Crippen molar-refractivity contribution in [3.8, 4) is 0 Å². The summed E-state index contributed by atoms with van der Waals surface area (Å²) in [5.74, 6) is 1.12. The second-order valence-corrected chi connectivity index (χ2v) is 9.46. The quantitative estimate of drug-likeness (QED) is 0.630. The highest BCUT2D eigenvalue weighted by molar-refractivity contribution is 8.62. The highest BCUT2D eigenvalue weighted by Crippen LogP contribution is 2.23. The molecule has 0 amide bonds. The zero-order valence-electron chi connectivity index (χ0n) is 12.7. The standard InChI is InChI=1S/C11H20N2.H2O6S2/c1-6-7-11(4,5)13-8-9(2)12-10(13)3;1-7(2,3)8(4,5)6/h8H,6-7H2,1-5H3;(H,1,2,3)(H,4,5,6). The van der Waals surface area contributed by atoms with Gasteiger partial charge < -0.3 is 4.57 Å². The van der Waals surface area contributed by atoms with Gasteiger partial charge in [0, 0.05) is 11.7 Å². The van der Waals surface area contributed by atoms with E-state index in [1.807, 2.05) is 6.92 Å². The number of rotatable bonds is 4. The molecule has 10 heteroatoms. The number of aromatic nitrogens is 2. The molecule has 124 valence electrons. The Bertz CT molecular complexity index is 644. The molecule has 0 aliphatic heterocycles. The molecule has 0 aliphatic carbocycles. The Labute approximate surface area is 125 Å². The van der Waals surface area contributed by atoms with Crippen LogP contribution in [0.1, 0.15) is 45.1 Å². The third-order valence-electron chi connectivity index (χ3n) is 2.78. The lowest BCUT2D eigenvalue weighted by Gasteiger charge is -2.27. The van der Waals surface area contributed by atoms with Crippen LogP contribution >= 0.6 is 0 Å². The van der Waals surface area contributed by atoms with E-state index in [2.05, 4.69) is 43.4 Å². The molecule has 0 spiro atoms. The van der Waals surface area contributed by atoms with Gasteiger partial charge in [-0.3, -0.25) is 9.11 Å². The molecule has 0 radical (unpaired) electrons. The molecule has 0 bridgehead atoms. The monoisotopic (exact) mass is 342 g/mol. The molecule has 1 aromatic heterocycles. The molecule has 0 saturated carbocycles. The summed E-state index contributed by atoms with van der Waals surface area (Å²) in [6.07, 6.45) is 4.55. The van der Waals surface area contributed by atoms with Crippen molar-refractivity contribution in [1.29, 1.82) is 0 Å². The largest absolute Gasteiger partial charge is 0.397 e. The molecule has 8 nitrogen and oxygen atoms in total. The van der Waals surface area contributed by atoms with E-state index in [0.717, 1.165) is 11.5 Å². The van der Waals surface area contributed by atoms with Crippen LogP contribution in [0.3, 0.4) is 0 Å². The van der Waals surface area contributed by atoms with Crippen molar-refractivity contribution >= 4 is 18.3 Å². The molecule has 1 aromatic rings. The van der Waals surface area contributed by atoms with Crippen LogP contribution in [0, 0.1) is 13.8 Å². The van der Waals surface area contributed by atoms with Crippen LogP contribution in [0.5, 0.6) is 0 Å². The molecule has 0 saturated heterocycles. The summed E-state index contributed by atoms with van der Waals surface area (Å²) in [7, 11) is -10.6. The Morgan fingerprint density at radius 2 is 1.57 bits per heavy atom. The molecule has 0 unspecified atom stereocenters. The minimum absolute atomic E-state index is 0.208. The Balaban J connectivity index is 0.000000433. The lowest BCUT2D eigenvalue weighted by molar-refractivity contribution is 0.317. The smallest absolute Gasteiger partial charge is 0.329 e. The predicted molar refractivity (Wildman–Crippen MR) is 79.0 cm³/mol. The van der Waals surface area contributed by atoms with Crippen molar-refractivity contribution in [1.82, 2.24) is 9.55 Å². The van der Waals surface area contributed by atoms with Gasteiger partial charge in [0.1, 0.15) is 5.82 Å². The topological polar surface area (TPSA) is 127 Å². The van der Waals surface area contributed by atoms with Crippen molar-refractivity contribution in [2.45, 2.75) is 53.0 Å². The van der Waals surface area contributed by atoms with E-state index in [9.17, 15) is 16.8 Å². The van der Waals surface area contributed by atoms with Crippen LogP contribution in [0.2, 0.25) is 0 Å². The molecular weight excluding hydrogens is 320 g/mol. The van der Waals surface area contributed by atoms with Gasteiger partial charge in [0.25, 0.3) is 0 Å². The van der Waals surface area contributed by atoms with Crippen LogP contribution in [-0.4, -0.2) is 35.5 Å². The van der Waals surface area contributed by atoms with E-state index in [0.29, 0.717) is 0 Å². The number of hydrogen-bond acceptors (Lipinski definition) is 5. The van der Waals surface area contributed by atoms with Gasteiger partial charge in [0.2, 0.25) is 0 Å². The maximum absolute atomic E-state index is 9.37. The van der Waals surface area contributed by atoms with Gasteiger partial charge in [-0.25, -0.2) is 4.98 Å². The molecule has 0 atom stereocenters. The van der Waals surface area contributed by atoms with Gasteiger partial charge in [0.15, 0.2) is 0 Å². The van der Waals surface area contributed by atoms with Gasteiger partial charge in [0.05, 0.1) is 5.69 Å². The summed E-state index contributed by atoms with van der Waals surface area (Å²) < 4.78 is 54.7. The minimum atomic E-state index is -5.31. The van der Waals surface area contributed by atoms with Gasteiger partial charge in [-0.1, -0.05) is 13.3 Å². The van der Waals surface area contributed by atoms with Crippen molar-refractivity contribution in [3.63, 3.8) is 0 Å². The molecule has 2 N–H and O–H groups in total. The Hall–Kier alpha value is -0.970. The predicted octanol–water partition coefficient (Wildman–Crippen LogP) is 1.71. The maximum atomic E-state index is 9.37. The van der Waals surface area contributed by atoms with Gasteiger partial charge in [-0.2, -0.15) is 16.8 Å². The van der Waals surface area contributed by atoms with Crippen LogP contribution in [0.25, 0.3) is 0 Å². The summed E-state index contributed by atoms with van der Waals surface area (Å²) in [6, 6.07) is 0. The SMILES string of the molecule is CCCC(C)(C)n1cc(C)nc1C.O=S(=O)(O)S(=O)(=O)O. The first kappa shape index (κ1) is 20.0. The fourth-order valence-corrected chi connectivity index (χ4v) is 1.96. The van der Waals surface area contributed by atoms with Crippen LogP contribution in [-0.2, 0) is 23.8 Å². The Kier molecular flexibility index (Phi) is 6.54. The molecule has 1 heterocycles. The van der Waals surface area contributed by atoms with E-state index in [1.54, 1.807) is 0 Å². The third-order valence-corrected chi connectivity index (χ3v) is 4.91. The lowest BCUT2D eigenvalue weighted by atomic mass is 9.98. The zero-order valence-corrected chi connectivity index (χ0v) is 14.4. The molecule has 0 aliphatic rings. The molecule has 0 aromatic carbocycles. The van der Waals surface area contributed by atoms with E-state index >= 15 is 0 Å². The molecule has 0 fully saturated rings. The van der Waals surface area contributed by atoms with E-state index in [1.165, 1.54) is 12.8 Å². The fourth-order valence-electron chi connectivity index (χ4n) is 1.96. The normalized spacial score (nSPS) is 12.7. The van der Waals surface area contributed by atoms with Crippen molar-refractivity contribution in [2.24, 2.45) is 0 Å². The van der Waals surface area contributed by atoms with Crippen molar-refractivity contribution in [3.05, 3.63) is 17.7 Å². The lowest BCUT2D eigenvalue weighted by Crippen LogP contribution is -2.26. The summed E-state index contributed by atoms with van der Waals surface area (Å²) >= 11 is 0. The highest BCUT2D eigenvalue weighted by Gasteiger charge is 2.22. The average Bonchev–Trinajstić information content (AvgIpc) is 2.56. The molecular formula is C11H22N2O6S2. The second kappa shape index (κ2) is 6.86. The van der Waals surface area contributed by atoms with Crippen LogP contribution < -0.4 is 0 Å². The first-order valence-corrected chi connectivity index (χ1v) is 9.60. The number of hydrogen-bond donors (Lipinski definition) is 2. The van der Waals surface area contributed by atoms with Crippen LogP contribution in [0.15, 0.2) is 6.20 Å². The molecule has 1 rings (SSSR count). The van der Waals surface area contributed by atoms with E-state index in [4.69, 9.17) is 9.11 Å². The number of aryl methyl sites for hydroxylation is 2. The number of nitrogens with zero attached hydrogens (tertiary/aromatic N) is 2. The summed E-state index contributed by atoms with van der Waals surface area (Å²) in [5.41, 5.74) is 1.32. The summed E-state index contributed by atoms with van der Waals surface area (Å²) in [5, 5.41) is 0. The molecule has 21 heavy (non-hydrogen) atoms. The Morgan fingerprint density at radius 1 is 1.14 bits per heavy atom. The first-order chi connectivity index (χ1) is 9.22. The van der Waals surface area contributed by atoms with Crippen LogP contribution in [0.4, 0.5) is 0 Å². The van der Waals surface area contributed by atoms with E-state index < -0.39 is 18.3 Å². The van der Waals surface area contributed by atoms with Gasteiger partial charge >= 0.3 is 18.3 Å². The summed E-state index contributed by atoms with van der Waals surface area (Å²) in [4.78, 5) is 4.42. The maximum Gasteiger partial charge on any atom is 0.397 e. The van der Waals surface area contributed by atoms with E-state index in [-0.39, 0.29) is 5.54 Å². The summed E-state index contributed by atoms with van der Waals surface area (Å²) in [6.45, 7) is 10.9. The first-order valence-electron chi connectivity index (χ1n) is 6.20. The highest BCUT2D eigenvalue weighted by atomic mass is 33.2. The average molecular weight is 342 g/mol.